The second kappa shape index (κ2) is 6.13. The molecule has 2 heterocycles. The van der Waals surface area contributed by atoms with Gasteiger partial charge in [0, 0.05) is 12.1 Å². The molecule has 1 aliphatic heterocycles. The molecular weight excluding hydrogens is 289 g/mol. The second-order valence-corrected chi connectivity index (χ2v) is 6.23. The summed E-state index contributed by atoms with van der Waals surface area (Å²) in [5.41, 5.74) is 3.13. The fraction of sp³-hybridized carbons (Fsp3) is 0.316. The van der Waals surface area contributed by atoms with Gasteiger partial charge >= 0.3 is 0 Å². The van der Waals surface area contributed by atoms with Crippen LogP contribution in [0.3, 0.4) is 0 Å². The number of fused-ring (bicyclic) bond motifs is 1. The molecule has 4 heteroatoms. The summed E-state index contributed by atoms with van der Waals surface area (Å²) in [5.74, 6) is 1.38. The first-order valence-electron chi connectivity index (χ1n) is 8.23. The average Bonchev–Trinajstić information content (AvgIpc) is 2.95. The predicted molar refractivity (Wildman–Crippen MR) is 90.7 cm³/mol. The molecule has 3 aromatic rings. The number of rotatable bonds is 3. The fourth-order valence-corrected chi connectivity index (χ4v) is 3.40. The maximum Gasteiger partial charge on any atom is 0.141 e. The lowest BCUT2D eigenvalue weighted by molar-refractivity contribution is 0.337. The number of hydrogen-bond donors (Lipinski definition) is 1. The predicted octanol–water partition coefficient (Wildman–Crippen LogP) is 3.84. The first-order valence-corrected chi connectivity index (χ1v) is 8.23. The molecule has 0 unspecified atom stereocenters. The van der Waals surface area contributed by atoms with E-state index in [4.69, 9.17) is 4.98 Å². The van der Waals surface area contributed by atoms with E-state index >= 15 is 0 Å². The maximum atomic E-state index is 13.2. The lowest BCUT2D eigenvalue weighted by Crippen LogP contribution is -2.30. The molecule has 0 saturated carbocycles. The van der Waals surface area contributed by atoms with Crippen LogP contribution in [0.5, 0.6) is 0 Å². The molecular formula is C19H20FN3. The summed E-state index contributed by atoms with van der Waals surface area (Å²) in [7, 11) is 0. The zero-order chi connectivity index (χ0) is 15.6. The molecule has 0 atom stereocenters. The van der Waals surface area contributed by atoms with E-state index in [1.807, 2.05) is 24.3 Å². The molecule has 1 aliphatic rings. The number of aromatic nitrogens is 2. The van der Waals surface area contributed by atoms with Gasteiger partial charge in [-0.15, -0.1) is 0 Å². The Bertz CT molecular complexity index is 801. The van der Waals surface area contributed by atoms with Crippen molar-refractivity contribution in [2.24, 2.45) is 5.92 Å². The largest absolute Gasteiger partial charge is 0.324 e. The van der Waals surface area contributed by atoms with E-state index in [1.165, 1.54) is 25.0 Å². The van der Waals surface area contributed by atoms with Gasteiger partial charge in [0.05, 0.1) is 11.0 Å². The van der Waals surface area contributed by atoms with E-state index in [9.17, 15) is 4.39 Å². The molecule has 0 bridgehead atoms. The molecule has 3 nitrogen and oxygen atoms in total. The highest BCUT2D eigenvalue weighted by Crippen LogP contribution is 2.27. The first-order chi connectivity index (χ1) is 11.3. The number of imidazole rings is 1. The van der Waals surface area contributed by atoms with Gasteiger partial charge in [-0.05, 0) is 68.2 Å². The Labute approximate surface area is 135 Å². The maximum absolute atomic E-state index is 13.2. The van der Waals surface area contributed by atoms with Crippen LogP contribution in [-0.4, -0.2) is 22.6 Å². The molecule has 0 aliphatic carbocycles. The van der Waals surface area contributed by atoms with E-state index in [0.717, 1.165) is 42.1 Å². The van der Waals surface area contributed by atoms with Crippen LogP contribution < -0.4 is 5.32 Å². The Morgan fingerprint density at radius 1 is 1.04 bits per heavy atom. The van der Waals surface area contributed by atoms with Crippen LogP contribution in [0.4, 0.5) is 4.39 Å². The van der Waals surface area contributed by atoms with Gasteiger partial charge in [-0.2, -0.15) is 0 Å². The molecule has 2 aromatic carbocycles. The monoisotopic (exact) mass is 309 g/mol. The fourth-order valence-electron chi connectivity index (χ4n) is 3.40. The van der Waals surface area contributed by atoms with Crippen LogP contribution in [0.1, 0.15) is 12.8 Å². The van der Waals surface area contributed by atoms with Crippen molar-refractivity contribution < 1.29 is 4.39 Å². The number of piperidine rings is 1. The standard InChI is InChI=1S/C19H20FN3/c20-16-7-5-15(6-8-16)19-22-17-3-1-2-4-18(17)23(19)13-14-9-11-21-12-10-14/h1-8,14,21H,9-13H2. The first kappa shape index (κ1) is 14.4. The van der Waals surface area contributed by atoms with Crippen molar-refractivity contribution in [3.63, 3.8) is 0 Å². The van der Waals surface area contributed by atoms with Crippen molar-refractivity contribution in [3.8, 4) is 11.4 Å². The van der Waals surface area contributed by atoms with Gasteiger partial charge < -0.3 is 9.88 Å². The Balaban J connectivity index is 1.79. The highest BCUT2D eigenvalue weighted by atomic mass is 19.1. The summed E-state index contributed by atoms with van der Waals surface area (Å²) in [5, 5.41) is 3.42. The zero-order valence-electron chi connectivity index (χ0n) is 13.0. The smallest absolute Gasteiger partial charge is 0.141 e. The Kier molecular flexibility index (Phi) is 3.83. The SMILES string of the molecule is Fc1ccc(-c2nc3ccccc3n2CC2CCNCC2)cc1. The molecule has 0 spiro atoms. The number of benzene rings is 2. The Hall–Kier alpha value is -2.20. The molecule has 23 heavy (non-hydrogen) atoms. The summed E-state index contributed by atoms with van der Waals surface area (Å²) in [6.07, 6.45) is 2.38. The van der Waals surface area contributed by atoms with Crippen molar-refractivity contribution in [3.05, 3.63) is 54.3 Å². The summed E-state index contributed by atoms with van der Waals surface area (Å²) in [6, 6.07) is 14.9. The quantitative estimate of drug-likeness (QED) is 0.796. The van der Waals surface area contributed by atoms with Gasteiger partial charge in [0.1, 0.15) is 11.6 Å². The van der Waals surface area contributed by atoms with Crippen LogP contribution >= 0.6 is 0 Å². The Morgan fingerprint density at radius 3 is 2.57 bits per heavy atom. The molecule has 0 amide bonds. The van der Waals surface area contributed by atoms with E-state index < -0.39 is 0 Å². The van der Waals surface area contributed by atoms with Crippen molar-refractivity contribution >= 4 is 11.0 Å². The van der Waals surface area contributed by atoms with E-state index in [0.29, 0.717) is 5.92 Å². The highest BCUT2D eigenvalue weighted by Gasteiger charge is 2.18. The molecule has 118 valence electrons. The van der Waals surface area contributed by atoms with Gasteiger partial charge in [-0.1, -0.05) is 12.1 Å². The number of halogens is 1. The average molecular weight is 309 g/mol. The van der Waals surface area contributed by atoms with Gasteiger partial charge in [-0.3, -0.25) is 0 Å². The van der Waals surface area contributed by atoms with Crippen LogP contribution in [0.25, 0.3) is 22.4 Å². The number of para-hydroxylation sites is 2. The normalized spacial score (nSPS) is 16.0. The molecule has 0 radical (unpaired) electrons. The van der Waals surface area contributed by atoms with Gasteiger partial charge in [-0.25, -0.2) is 9.37 Å². The van der Waals surface area contributed by atoms with Crippen molar-refractivity contribution in [2.45, 2.75) is 19.4 Å². The number of nitrogens with one attached hydrogen (secondary N) is 1. The third-order valence-electron chi connectivity index (χ3n) is 4.66. The minimum atomic E-state index is -0.213. The van der Waals surface area contributed by atoms with Gasteiger partial charge in [0.25, 0.3) is 0 Å². The second-order valence-electron chi connectivity index (χ2n) is 6.23. The van der Waals surface area contributed by atoms with Crippen LogP contribution in [-0.2, 0) is 6.54 Å². The lowest BCUT2D eigenvalue weighted by Gasteiger charge is -2.24. The minimum Gasteiger partial charge on any atom is -0.324 e. The topological polar surface area (TPSA) is 29.9 Å². The van der Waals surface area contributed by atoms with Crippen molar-refractivity contribution in [2.75, 3.05) is 13.1 Å². The van der Waals surface area contributed by atoms with Crippen LogP contribution in [0.15, 0.2) is 48.5 Å². The van der Waals surface area contributed by atoms with Crippen LogP contribution in [0, 0.1) is 11.7 Å². The van der Waals surface area contributed by atoms with Crippen molar-refractivity contribution in [1.29, 1.82) is 0 Å². The number of nitrogens with zero attached hydrogens (tertiary/aromatic N) is 2. The number of hydrogen-bond acceptors (Lipinski definition) is 2. The zero-order valence-corrected chi connectivity index (χ0v) is 13.0. The molecule has 1 saturated heterocycles. The summed E-state index contributed by atoms with van der Waals surface area (Å²) < 4.78 is 15.6. The van der Waals surface area contributed by atoms with Crippen molar-refractivity contribution in [1.82, 2.24) is 14.9 Å². The van der Waals surface area contributed by atoms with E-state index in [-0.39, 0.29) is 5.82 Å². The summed E-state index contributed by atoms with van der Waals surface area (Å²) in [6.45, 7) is 3.14. The highest BCUT2D eigenvalue weighted by molar-refractivity contribution is 5.80. The summed E-state index contributed by atoms with van der Waals surface area (Å²) >= 11 is 0. The van der Waals surface area contributed by atoms with E-state index in [2.05, 4.69) is 22.0 Å². The molecule has 1 aromatic heterocycles. The molecule has 4 rings (SSSR count). The van der Waals surface area contributed by atoms with Crippen LogP contribution in [0.2, 0.25) is 0 Å². The summed E-state index contributed by atoms with van der Waals surface area (Å²) in [4.78, 5) is 4.80. The Morgan fingerprint density at radius 2 is 1.78 bits per heavy atom. The minimum absolute atomic E-state index is 0.213. The third kappa shape index (κ3) is 2.86. The van der Waals surface area contributed by atoms with Gasteiger partial charge in [0.15, 0.2) is 0 Å². The third-order valence-corrected chi connectivity index (χ3v) is 4.66. The van der Waals surface area contributed by atoms with Gasteiger partial charge in [0.2, 0.25) is 0 Å². The van der Waals surface area contributed by atoms with E-state index in [1.54, 1.807) is 0 Å². The molecule has 1 N–H and O–H groups in total. The molecule has 1 fully saturated rings. The lowest BCUT2D eigenvalue weighted by atomic mass is 9.98.